The first-order valence-corrected chi connectivity index (χ1v) is 8.74. The van der Waals surface area contributed by atoms with Gasteiger partial charge in [-0.2, -0.15) is 0 Å². The van der Waals surface area contributed by atoms with Crippen molar-refractivity contribution >= 4 is 35.2 Å². The summed E-state index contributed by atoms with van der Waals surface area (Å²) in [6, 6.07) is 6.88. The van der Waals surface area contributed by atoms with Gasteiger partial charge in [0.25, 0.3) is 0 Å². The molecule has 4 nitrogen and oxygen atoms in total. The summed E-state index contributed by atoms with van der Waals surface area (Å²) in [4.78, 5) is 26.4. The van der Waals surface area contributed by atoms with Gasteiger partial charge in [0.15, 0.2) is 0 Å². The smallest absolute Gasteiger partial charge is 0.329 e. The fourth-order valence-corrected chi connectivity index (χ4v) is 4.02. The number of amides is 1. The maximum Gasteiger partial charge on any atom is 0.329 e. The molecule has 1 amide bonds. The molecule has 6 heteroatoms. The van der Waals surface area contributed by atoms with Crippen LogP contribution in [0.4, 0.5) is 0 Å². The second-order valence-corrected chi connectivity index (χ2v) is 6.96. The number of ether oxygens (including phenoxy) is 1. The van der Waals surface area contributed by atoms with Crippen LogP contribution in [0.25, 0.3) is 0 Å². The average molecular weight is 342 g/mol. The minimum absolute atomic E-state index is 0.0481. The molecular formula is C16H20ClNO3S. The molecular weight excluding hydrogens is 322 g/mol. The van der Waals surface area contributed by atoms with Gasteiger partial charge in [-0.1, -0.05) is 37.6 Å². The summed E-state index contributed by atoms with van der Waals surface area (Å²) in [7, 11) is 0. The molecule has 0 N–H and O–H groups in total. The van der Waals surface area contributed by atoms with E-state index in [4.69, 9.17) is 16.3 Å². The third kappa shape index (κ3) is 3.58. The number of benzene rings is 1. The highest BCUT2D eigenvalue weighted by molar-refractivity contribution is 7.99. The fourth-order valence-electron chi connectivity index (χ4n) is 2.41. The molecule has 1 aliphatic rings. The standard InChI is InChI=1S/C16H20ClNO3S/c1-4-21-16(20)13-9-22-15(18(13)14(19)10(2)3)11-6-5-7-12(17)8-11/h5-8,10,13,15H,4,9H2,1-3H3. The largest absolute Gasteiger partial charge is 0.464 e. The van der Waals surface area contributed by atoms with Crippen LogP contribution in [0.15, 0.2) is 24.3 Å². The fraction of sp³-hybridized carbons (Fsp3) is 0.500. The number of hydrogen-bond acceptors (Lipinski definition) is 4. The predicted molar refractivity (Wildman–Crippen MR) is 88.8 cm³/mol. The molecule has 2 unspecified atom stereocenters. The van der Waals surface area contributed by atoms with E-state index in [0.29, 0.717) is 17.4 Å². The Morgan fingerprint density at radius 3 is 2.77 bits per heavy atom. The van der Waals surface area contributed by atoms with Crippen LogP contribution in [-0.2, 0) is 14.3 Å². The van der Waals surface area contributed by atoms with Crippen molar-refractivity contribution in [2.24, 2.45) is 5.92 Å². The van der Waals surface area contributed by atoms with E-state index in [1.54, 1.807) is 29.7 Å². The summed E-state index contributed by atoms with van der Waals surface area (Å²) in [5, 5.41) is 0.414. The number of nitrogens with zero attached hydrogens (tertiary/aromatic N) is 1. The average Bonchev–Trinajstić information content (AvgIpc) is 2.91. The quantitative estimate of drug-likeness (QED) is 0.786. The van der Waals surface area contributed by atoms with Gasteiger partial charge in [0, 0.05) is 16.7 Å². The zero-order chi connectivity index (χ0) is 16.3. The maximum absolute atomic E-state index is 12.6. The second-order valence-electron chi connectivity index (χ2n) is 5.41. The Bertz CT molecular complexity index is 564. The highest BCUT2D eigenvalue weighted by Crippen LogP contribution is 2.43. The Hall–Kier alpha value is -1.20. The van der Waals surface area contributed by atoms with Gasteiger partial charge in [-0.05, 0) is 24.6 Å². The van der Waals surface area contributed by atoms with Gasteiger partial charge in [0.05, 0.1) is 6.61 Å². The van der Waals surface area contributed by atoms with Crippen molar-refractivity contribution in [3.8, 4) is 0 Å². The van der Waals surface area contributed by atoms with E-state index in [0.717, 1.165) is 5.56 Å². The third-order valence-corrected chi connectivity index (χ3v) is 5.00. The summed E-state index contributed by atoms with van der Waals surface area (Å²) < 4.78 is 5.12. The molecule has 22 heavy (non-hydrogen) atoms. The Balaban J connectivity index is 2.33. The lowest BCUT2D eigenvalue weighted by Gasteiger charge is -2.30. The summed E-state index contributed by atoms with van der Waals surface area (Å²) in [6.45, 7) is 5.75. The monoisotopic (exact) mass is 341 g/mol. The van der Waals surface area contributed by atoms with Crippen LogP contribution in [0.2, 0.25) is 5.02 Å². The zero-order valence-corrected chi connectivity index (χ0v) is 14.5. The van der Waals surface area contributed by atoms with Crippen LogP contribution in [-0.4, -0.2) is 35.2 Å². The number of rotatable bonds is 4. The van der Waals surface area contributed by atoms with Gasteiger partial charge in [-0.25, -0.2) is 4.79 Å². The summed E-state index contributed by atoms with van der Waals surface area (Å²) in [6.07, 6.45) is 0. The molecule has 1 aliphatic heterocycles. The van der Waals surface area contributed by atoms with Crippen molar-refractivity contribution in [3.63, 3.8) is 0 Å². The first kappa shape index (κ1) is 17.2. The van der Waals surface area contributed by atoms with Gasteiger partial charge in [0.2, 0.25) is 5.91 Å². The van der Waals surface area contributed by atoms with E-state index in [-0.39, 0.29) is 23.2 Å². The van der Waals surface area contributed by atoms with Crippen molar-refractivity contribution in [1.29, 1.82) is 0 Å². The Morgan fingerprint density at radius 2 is 2.18 bits per heavy atom. The number of carbonyl (C=O) groups excluding carboxylic acids is 2. The van der Waals surface area contributed by atoms with Crippen LogP contribution in [0.5, 0.6) is 0 Å². The Kier molecular flexibility index (Phi) is 5.75. The highest BCUT2D eigenvalue weighted by Gasteiger charge is 2.43. The molecule has 120 valence electrons. The van der Waals surface area contributed by atoms with Gasteiger partial charge in [0.1, 0.15) is 11.4 Å². The van der Waals surface area contributed by atoms with Crippen molar-refractivity contribution < 1.29 is 14.3 Å². The topological polar surface area (TPSA) is 46.6 Å². The summed E-state index contributed by atoms with van der Waals surface area (Å²) >= 11 is 7.62. The van der Waals surface area contributed by atoms with Crippen molar-refractivity contribution in [1.82, 2.24) is 4.90 Å². The predicted octanol–water partition coefficient (Wildman–Crippen LogP) is 3.50. The van der Waals surface area contributed by atoms with Gasteiger partial charge in [-0.3, -0.25) is 4.79 Å². The van der Waals surface area contributed by atoms with Crippen molar-refractivity contribution in [2.75, 3.05) is 12.4 Å². The molecule has 1 heterocycles. The minimum atomic E-state index is -0.538. The molecule has 0 radical (unpaired) electrons. The van der Waals surface area contributed by atoms with E-state index in [2.05, 4.69) is 0 Å². The Morgan fingerprint density at radius 1 is 1.45 bits per heavy atom. The van der Waals surface area contributed by atoms with Gasteiger partial charge in [-0.15, -0.1) is 11.8 Å². The molecule has 2 atom stereocenters. The van der Waals surface area contributed by atoms with Gasteiger partial charge >= 0.3 is 5.97 Å². The molecule has 0 aliphatic carbocycles. The van der Waals surface area contributed by atoms with E-state index < -0.39 is 6.04 Å². The molecule has 1 saturated heterocycles. The molecule has 0 bridgehead atoms. The van der Waals surface area contributed by atoms with E-state index >= 15 is 0 Å². The van der Waals surface area contributed by atoms with E-state index in [1.807, 2.05) is 32.0 Å². The van der Waals surface area contributed by atoms with Crippen molar-refractivity contribution in [3.05, 3.63) is 34.9 Å². The number of carbonyl (C=O) groups is 2. The number of halogens is 1. The summed E-state index contributed by atoms with van der Waals surface area (Å²) in [5.41, 5.74) is 0.929. The Labute approximate surface area is 140 Å². The zero-order valence-electron chi connectivity index (χ0n) is 12.9. The lowest BCUT2D eigenvalue weighted by molar-refractivity contribution is -0.154. The molecule has 0 aromatic heterocycles. The van der Waals surface area contributed by atoms with Crippen LogP contribution in [0, 0.1) is 5.92 Å². The van der Waals surface area contributed by atoms with Crippen LogP contribution >= 0.6 is 23.4 Å². The molecule has 1 aromatic carbocycles. The van der Waals surface area contributed by atoms with E-state index in [9.17, 15) is 9.59 Å². The highest BCUT2D eigenvalue weighted by atomic mass is 35.5. The second kappa shape index (κ2) is 7.38. The third-order valence-electron chi connectivity index (χ3n) is 3.44. The first-order valence-electron chi connectivity index (χ1n) is 7.31. The van der Waals surface area contributed by atoms with Crippen LogP contribution in [0.3, 0.4) is 0 Å². The van der Waals surface area contributed by atoms with Crippen LogP contribution in [0.1, 0.15) is 31.7 Å². The molecule has 2 rings (SSSR count). The lowest BCUT2D eigenvalue weighted by atomic mass is 10.1. The SMILES string of the molecule is CCOC(=O)C1CSC(c2cccc(Cl)c2)N1C(=O)C(C)C. The van der Waals surface area contributed by atoms with Crippen molar-refractivity contribution in [2.45, 2.75) is 32.2 Å². The summed E-state index contributed by atoms with van der Waals surface area (Å²) in [5.74, 6) is -0.0343. The van der Waals surface area contributed by atoms with E-state index in [1.165, 1.54) is 0 Å². The number of hydrogen-bond donors (Lipinski definition) is 0. The number of thioether (sulfide) groups is 1. The maximum atomic E-state index is 12.6. The number of esters is 1. The minimum Gasteiger partial charge on any atom is -0.464 e. The normalized spacial score (nSPS) is 21.2. The molecule has 0 spiro atoms. The molecule has 0 saturated carbocycles. The molecule has 1 aromatic rings. The van der Waals surface area contributed by atoms with Gasteiger partial charge < -0.3 is 9.64 Å². The lowest BCUT2D eigenvalue weighted by Crippen LogP contribution is -2.45. The molecule has 1 fully saturated rings. The van der Waals surface area contributed by atoms with Crippen LogP contribution < -0.4 is 0 Å². The first-order chi connectivity index (χ1) is 10.5.